The smallest absolute Gasteiger partial charge is 0.243 e. The van der Waals surface area contributed by atoms with E-state index in [0.717, 1.165) is 16.7 Å². The van der Waals surface area contributed by atoms with Gasteiger partial charge in [-0.2, -0.15) is 4.31 Å². The van der Waals surface area contributed by atoms with Gasteiger partial charge in [-0.1, -0.05) is 23.8 Å². The number of nitrogens with one attached hydrogen (secondary N) is 1. The van der Waals surface area contributed by atoms with Crippen LogP contribution in [0, 0.1) is 32.5 Å². The number of benzene rings is 2. The number of carbonyl (C=O) groups excluding carboxylic acids is 1. The van der Waals surface area contributed by atoms with Crippen molar-refractivity contribution in [2.24, 2.45) is 5.92 Å². The first-order valence-corrected chi connectivity index (χ1v) is 10.8. The van der Waals surface area contributed by atoms with Gasteiger partial charge in [0.05, 0.1) is 10.6 Å². The molecule has 0 unspecified atom stereocenters. The number of amides is 1. The summed E-state index contributed by atoms with van der Waals surface area (Å²) in [6.45, 7) is 6.02. The molecule has 28 heavy (non-hydrogen) atoms. The summed E-state index contributed by atoms with van der Waals surface area (Å²) in [7, 11) is -3.59. The van der Waals surface area contributed by atoms with Crippen LogP contribution in [0.25, 0.3) is 0 Å². The zero-order valence-corrected chi connectivity index (χ0v) is 17.1. The van der Waals surface area contributed by atoms with Crippen LogP contribution in [0.15, 0.2) is 41.3 Å². The predicted molar refractivity (Wildman–Crippen MR) is 107 cm³/mol. The molecule has 3 rings (SSSR count). The molecule has 0 aromatic heterocycles. The first-order chi connectivity index (χ1) is 13.2. The highest BCUT2D eigenvalue weighted by molar-refractivity contribution is 7.89. The lowest BCUT2D eigenvalue weighted by molar-refractivity contribution is -0.120. The molecule has 0 atom stereocenters. The van der Waals surface area contributed by atoms with Crippen molar-refractivity contribution < 1.29 is 17.6 Å². The molecule has 1 saturated heterocycles. The topological polar surface area (TPSA) is 66.5 Å². The Morgan fingerprint density at radius 1 is 1.04 bits per heavy atom. The second-order valence-corrected chi connectivity index (χ2v) is 9.33. The normalized spacial score (nSPS) is 16.1. The number of aryl methyl sites for hydroxylation is 3. The lowest BCUT2D eigenvalue weighted by Gasteiger charge is -2.31. The van der Waals surface area contributed by atoms with Gasteiger partial charge in [-0.25, -0.2) is 12.8 Å². The molecule has 1 aliphatic rings. The van der Waals surface area contributed by atoms with Gasteiger partial charge in [0.15, 0.2) is 0 Å². The zero-order chi connectivity index (χ0) is 20.5. The Morgan fingerprint density at radius 3 is 2.25 bits per heavy atom. The number of hydrogen-bond acceptors (Lipinski definition) is 3. The van der Waals surface area contributed by atoms with Gasteiger partial charge in [-0.3, -0.25) is 4.79 Å². The van der Waals surface area contributed by atoms with Crippen LogP contribution in [-0.2, 0) is 14.8 Å². The van der Waals surface area contributed by atoms with E-state index in [0.29, 0.717) is 17.7 Å². The minimum atomic E-state index is -3.59. The van der Waals surface area contributed by atoms with Crippen LogP contribution in [0.4, 0.5) is 10.1 Å². The van der Waals surface area contributed by atoms with Gasteiger partial charge in [0.1, 0.15) is 5.82 Å². The third-order valence-electron chi connectivity index (χ3n) is 5.16. The maximum absolute atomic E-state index is 13.9. The number of piperidine rings is 1. The van der Waals surface area contributed by atoms with Gasteiger partial charge in [0.2, 0.25) is 15.9 Å². The number of halogens is 1. The van der Waals surface area contributed by atoms with E-state index >= 15 is 0 Å². The fourth-order valence-electron chi connectivity index (χ4n) is 3.54. The lowest BCUT2D eigenvalue weighted by Crippen LogP contribution is -2.41. The van der Waals surface area contributed by atoms with Crippen LogP contribution in [0.5, 0.6) is 0 Å². The quantitative estimate of drug-likeness (QED) is 0.843. The van der Waals surface area contributed by atoms with Crippen LogP contribution in [0.3, 0.4) is 0 Å². The summed E-state index contributed by atoms with van der Waals surface area (Å²) in [5.74, 6) is -1.08. The average Bonchev–Trinajstić information content (AvgIpc) is 2.63. The molecule has 0 bridgehead atoms. The van der Waals surface area contributed by atoms with Gasteiger partial charge in [0, 0.05) is 19.0 Å². The number of rotatable bonds is 4. The van der Waals surface area contributed by atoms with E-state index in [2.05, 4.69) is 5.32 Å². The van der Waals surface area contributed by atoms with Gasteiger partial charge in [-0.15, -0.1) is 0 Å². The van der Waals surface area contributed by atoms with Crippen molar-refractivity contribution in [1.29, 1.82) is 0 Å². The van der Waals surface area contributed by atoms with Gasteiger partial charge in [-0.05, 0) is 62.9 Å². The highest BCUT2D eigenvalue weighted by Gasteiger charge is 2.33. The van der Waals surface area contributed by atoms with Crippen molar-refractivity contribution >= 4 is 21.6 Å². The minimum Gasteiger partial charge on any atom is -0.323 e. The number of sulfonamides is 1. The van der Waals surface area contributed by atoms with Crippen molar-refractivity contribution in [1.82, 2.24) is 4.31 Å². The highest BCUT2D eigenvalue weighted by atomic mass is 32.2. The number of carbonyl (C=O) groups is 1. The molecule has 1 fully saturated rings. The van der Waals surface area contributed by atoms with E-state index in [9.17, 15) is 17.6 Å². The molecule has 0 radical (unpaired) electrons. The Labute approximate surface area is 165 Å². The summed E-state index contributed by atoms with van der Waals surface area (Å²) in [5, 5.41) is 2.63. The summed E-state index contributed by atoms with van der Waals surface area (Å²) >= 11 is 0. The molecular weight excluding hydrogens is 379 g/mol. The SMILES string of the molecule is Cc1ccc(S(=O)(=O)N2CCC(C(=O)Nc3ccc(C)cc3F)CC2)c(C)c1. The predicted octanol–water partition coefficient (Wildman–Crippen LogP) is 3.79. The number of hydrogen-bond donors (Lipinski definition) is 1. The fourth-order valence-corrected chi connectivity index (χ4v) is 5.22. The van der Waals surface area contributed by atoms with E-state index < -0.39 is 15.8 Å². The van der Waals surface area contributed by atoms with Crippen molar-refractivity contribution in [3.05, 3.63) is 58.9 Å². The van der Waals surface area contributed by atoms with E-state index in [-0.39, 0.29) is 30.6 Å². The third-order valence-corrected chi connectivity index (χ3v) is 7.21. The fraction of sp³-hybridized carbons (Fsp3) is 0.381. The summed E-state index contributed by atoms with van der Waals surface area (Å²) in [4.78, 5) is 12.8. The van der Waals surface area contributed by atoms with E-state index in [1.165, 1.54) is 10.4 Å². The Hall–Kier alpha value is -2.25. The minimum absolute atomic E-state index is 0.154. The lowest BCUT2D eigenvalue weighted by atomic mass is 9.97. The molecule has 1 heterocycles. The highest BCUT2D eigenvalue weighted by Crippen LogP contribution is 2.27. The third kappa shape index (κ3) is 4.25. The summed E-state index contributed by atoms with van der Waals surface area (Å²) in [6, 6.07) is 9.92. The first-order valence-electron chi connectivity index (χ1n) is 9.33. The second kappa shape index (κ2) is 8.01. The Kier molecular flexibility index (Phi) is 5.86. The van der Waals surface area contributed by atoms with Crippen LogP contribution in [0.2, 0.25) is 0 Å². The van der Waals surface area contributed by atoms with Crippen molar-refractivity contribution in [3.8, 4) is 0 Å². The molecule has 2 aromatic rings. The van der Waals surface area contributed by atoms with Gasteiger partial charge in [0.25, 0.3) is 0 Å². The molecule has 0 spiro atoms. The van der Waals surface area contributed by atoms with Crippen LogP contribution < -0.4 is 5.32 Å². The molecule has 7 heteroatoms. The second-order valence-electron chi connectivity index (χ2n) is 7.42. The van der Waals surface area contributed by atoms with Crippen molar-refractivity contribution in [2.75, 3.05) is 18.4 Å². The van der Waals surface area contributed by atoms with Crippen LogP contribution in [0.1, 0.15) is 29.5 Å². The molecule has 5 nitrogen and oxygen atoms in total. The summed E-state index contributed by atoms with van der Waals surface area (Å²) in [5.41, 5.74) is 2.66. The molecule has 0 saturated carbocycles. The first kappa shape index (κ1) is 20.5. The Morgan fingerprint density at radius 2 is 1.64 bits per heavy atom. The van der Waals surface area contributed by atoms with Gasteiger partial charge < -0.3 is 5.32 Å². The standard InChI is InChI=1S/C21H25FN2O3S/c1-14-5-7-20(16(3)12-14)28(26,27)24-10-8-17(9-11-24)21(25)23-19-6-4-15(2)13-18(19)22/h4-7,12-13,17H,8-11H2,1-3H3,(H,23,25). The zero-order valence-electron chi connectivity index (χ0n) is 16.3. The van der Waals surface area contributed by atoms with Crippen molar-refractivity contribution in [3.63, 3.8) is 0 Å². The maximum Gasteiger partial charge on any atom is 0.243 e. The number of anilines is 1. The summed E-state index contributed by atoms with van der Waals surface area (Å²) in [6.07, 6.45) is 0.812. The van der Waals surface area contributed by atoms with E-state index in [4.69, 9.17) is 0 Å². The largest absolute Gasteiger partial charge is 0.323 e. The van der Waals surface area contributed by atoms with Crippen LogP contribution in [-0.4, -0.2) is 31.7 Å². The molecular formula is C21H25FN2O3S. The maximum atomic E-state index is 13.9. The molecule has 1 N–H and O–H groups in total. The molecule has 1 aliphatic heterocycles. The summed E-state index contributed by atoms with van der Waals surface area (Å²) < 4.78 is 41.3. The molecule has 150 valence electrons. The average molecular weight is 405 g/mol. The molecule has 1 amide bonds. The van der Waals surface area contributed by atoms with Gasteiger partial charge >= 0.3 is 0 Å². The molecule has 2 aromatic carbocycles. The van der Waals surface area contributed by atoms with Crippen LogP contribution >= 0.6 is 0 Å². The van der Waals surface area contributed by atoms with E-state index in [1.54, 1.807) is 38.1 Å². The number of nitrogens with zero attached hydrogens (tertiary/aromatic N) is 1. The van der Waals surface area contributed by atoms with Crippen molar-refractivity contribution in [2.45, 2.75) is 38.5 Å². The Bertz CT molecular complexity index is 997. The Balaban J connectivity index is 1.65. The monoisotopic (exact) mass is 404 g/mol. The van der Waals surface area contributed by atoms with E-state index in [1.807, 2.05) is 13.0 Å². The molecule has 0 aliphatic carbocycles.